The molecule has 1 unspecified atom stereocenters. The smallest absolute Gasteiger partial charge is 0.242 e. The van der Waals surface area contributed by atoms with Crippen molar-refractivity contribution in [2.75, 3.05) is 31.6 Å². The van der Waals surface area contributed by atoms with Crippen LogP contribution in [0.4, 0.5) is 5.69 Å². The fraction of sp³-hybridized carbons (Fsp3) is 0.474. The Morgan fingerprint density at radius 2 is 2.00 bits per heavy atom. The van der Waals surface area contributed by atoms with Gasteiger partial charge in [0.25, 0.3) is 0 Å². The van der Waals surface area contributed by atoms with Crippen molar-refractivity contribution in [2.45, 2.75) is 32.4 Å². The van der Waals surface area contributed by atoms with Crippen molar-refractivity contribution in [1.29, 1.82) is 0 Å². The molecule has 1 atom stereocenters. The second-order valence-corrected chi connectivity index (χ2v) is 6.59. The molecule has 7 nitrogen and oxygen atoms in total. The van der Waals surface area contributed by atoms with Gasteiger partial charge in [0, 0.05) is 35.9 Å². The number of aromatic nitrogens is 1. The molecule has 0 aliphatic carbocycles. The standard InChI is InChI=1S/C19H26N4O3.ClH/c1-2-3-16(20)19(25)21-15-4-5-17-14(12-15)6-7-23(17)13-18(24)22-8-10-26-11-9-22;/h4-7,12,16H,2-3,8-11,13,20H2,1H3,(H,21,25);1H. The summed E-state index contributed by atoms with van der Waals surface area (Å²) in [6, 6.07) is 7.12. The molecule has 148 valence electrons. The number of nitrogens with zero attached hydrogens (tertiary/aromatic N) is 2. The first kappa shape index (κ1) is 21.2. The number of nitrogens with two attached hydrogens (primary N) is 1. The number of rotatable bonds is 6. The summed E-state index contributed by atoms with van der Waals surface area (Å²) in [6.45, 7) is 4.79. The summed E-state index contributed by atoms with van der Waals surface area (Å²) in [5.41, 5.74) is 7.53. The number of benzene rings is 1. The van der Waals surface area contributed by atoms with Gasteiger partial charge in [0.05, 0.1) is 19.3 Å². The van der Waals surface area contributed by atoms with Crippen LogP contribution in [0.1, 0.15) is 19.8 Å². The number of carbonyl (C=O) groups is 2. The van der Waals surface area contributed by atoms with Crippen molar-refractivity contribution in [3.63, 3.8) is 0 Å². The number of hydrogen-bond donors (Lipinski definition) is 2. The van der Waals surface area contributed by atoms with Crippen molar-refractivity contribution in [3.8, 4) is 0 Å². The number of hydrogen-bond acceptors (Lipinski definition) is 4. The van der Waals surface area contributed by atoms with Crippen LogP contribution >= 0.6 is 12.4 Å². The van der Waals surface area contributed by atoms with Crippen molar-refractivity contribution in [1.82, 2.24) is 9.47 Å². The molecule has 1 aliphatic heterocycles. The van der Waals surface area contributed by atoms with E-state index in [1.165, 1.54) is 0 Å². The van der Waals surface area contributed by atoms with Crippen LogP contribution in [0.5, 0.6) is 0 Å². The molecule has 3 N–H and O–H groups in total. The number of anilines is 1. The quantitative estimate of drug-likeness (QED) is 0.784. The molecule has 1 fully saturated rings. The molecular formula is C19H27ClN4O3. The van der Waals surface area contributed by atoms with Gasteiger partial charge in [-0.05, 0) is 30.7 Å². The first-order valence-electron chi connectivity index (χ1n) is 9.09. The van der Waals surface area contributed by atoms with E-state index in [0.717, 1.165) is 17.3 Å². The van der Waals surface area contributed by atoms with E-state index >= 15 is 0 Å². The van der Waals surface area contributed by atoms with E-state index in [1.807, 2.05) is 46.9 Å². The molecule has 1 saturated heterocycles. The second kappa shape index (κ2) is 9.73. The molecule has 2 aromatic rings. The number of halogens is 1. The normalized spacial score (nSPS) is 15.3. The van der Waals surface area contributed by atoms with Crippen LogP contribution in [0.2, 0.25) is 0 Å². The molecule has 0 bridgehead atoms. The van der Waals surface area contributed by atoms with Gasteiger partial charge in [-0.25, -0.2) is 0 Å². The highest BCUT2D eigenvalue weighted by Gasteiger charge is 2.18. The third-order valence-electron chi connectivity index (χ3n) is 4.64. The van der Waals surface area contributed by atoms with E-state index in [2.05, 4.69) is 5.32 Å². The van der Waals surface area contributed by atoms with Gasteiger partial charge in [0.15, 0.2) is 0 Å². The lowest BCUT2D eigenvalue weighted by atomic mass is 10.1. The van der Waals surface area contributed by atoms with Gasteiger partial charge in [0.2, 0.25) is 11.8 Å². The fourth-order valence-corrected chi connectivity index (χ4v) is 3.15. The van der Waals surface area contributed by atoms with Crippen LogP contribution in [0.3, 0.4) is 0 Å². The number of nitrogens with one attached hydrogen (secondary N) is 1. The number of fused-ring (bicyclic) bond motifs is 1. The third kappa shape index (κ3) is 5.22. The van der Waals surface area contributed by atoms with Gasteiger partial charge in [-0.3, -0.25) is 9.59 Å². The molecule has 0 radical (unpaired) electrons. The van der Waals surface area contributed by atoms with E-state index < -0.39 is 6.04 Å². The van der Waals surface area contributed by atoms with Crippen molar-refractivity contribution in [2.24, 2.45) is 5.73 Å². The average molecular weight is 395 g/mol. The van der Waals surface area contributed by atoms with Crippen LogP contribution in [0.25, 0.3) is 10.9 Å². The van der Waals surface area contributed by atoms with Crippen LogP contribution in [-0.2, 0) is 20.9 Å². The highest BCUT2D eigenvalue weighted by molar-refractivity contribution is 5.97. The first-order chi connectivity index (χ1) is 12.6. The molecule has 8 heteroatoms. The maximum atomic E-state index is 12.4. The minimum absolute atomic E-state index is 0. The lowest BCUT2D eigenvalue weighted by molar-refractivity contribution is -0.135. The fourth-order valence-electron chi connectivity index (χ4n) is 3.15. The second-order valence-electron chi connectivity index (χ2n) is 6.59. The lowest BCUT2D eigenvalue weighted by Gasteiger charge is -2.27. The van der Waals surface area contributed by atoms with Crippen molar-refractivity contribution >= 4 is 40.8 Å². The zero-order valence-corrected chi connectivity index (χ0v) is 16.3. The Labute approximate surface area is 165 Å². The minimum Gasteiger partial charge on any atom is -0.378 e. The van der Waals surface area contributed by atoms with E-state index in [0.29, 0.717) is 45.0 Å². The highest BCUT2D eigenvalue weighted by atomic mass is 35.5. The molecule has 0 spiro atoms. The maximum Gasteiger partial charge on any atom is 0.242 e. The third-order valence-corrected chi connectivity index (χ3v) is 4.64. The Bertz CT molecular complexity index is 786. The predicted octanol–water partition coefficient (Wildman–Crippen LogP) is 1.99. The van der Waals surface area contributed by atoms with Crippen LogP contribution in [0.15, 0.2) is 30.5 Å². The number of carbonyl (C=O) groups excluding carboxylic acids is 2. The van der Waals surface area contributed by atoms with Crippen molar-refractivity contribution in [3.05, 3.63) is 30.5 Å². The first-order valence-corrected chi connectivity index (χ1v) is 9.09. The molecule has 0 saturated carbocycles. The summed E-state index contributed by atoms with van der Waals surface area (Å²) in [6.07, 6.45) is 3.43. The van der Waals surface area contributed by atoms with Crippen LogP contribution in [-0.4, -0.2) is 53.6 Å². The molecule has 1 aromatic heterocycles. The lowest BCUT2D eigenvalue weighted by Crippen LogP contribution is -2.42. The van der Waals surface area contributed by atoms with Gasteiger partial charge in [0.1, 0.15) is 6.54 Å². The van der Waals surface area contributed by atoms with Gasteiger partial charge in [-0.2, -0.15) is 0 Å². The summed E-state index contributed by atoms with van der Waals surface area (Å²) in [5.74, 6) is -0.0816. The SMILES string of the molecule is CCCC(N)C(=O)Nc1ccc2c(ccn2CC(=O)N2CCOCC2)c1.Cl. The maximum absolute atomic E-state index is 12.4. The summed E-state index contributed by atoms with van der Waals surface area (Å²) in [5, 5.41) is 3.83. The van der Waals surface area contributed by atoms with Gasteiger partial charge >= 0.3 is 0 Å². The predicted molar refractivity (Wildman–Crippen MR) is 108 cm³/mol. The number of morpholine rings is 1. The summed E-state index contributed by atoms with van der Waals surface area (Å²) >= 11 is 0. The van der Waals surface area contributed by atoms with Crippen molar-refractivity contribution < 1.29 is 14.3 Å². The molecule has 3 rings (SSSR count). The number of amides is 2. The van der Waals surface area contributed by atoms with E-state index in [4.69, 9.17) is 10.5 Å². The van der Waals surface area contributed by atoms with Crippen LogP contribution in [0, 0.1) is 0 Å². The molecule has 27 heavy (non-hydrogen) atoms. The largest absolute Gasteiger partial charge is 0.378 e. The minimum atomic E-state index is -0.494. The molecule has 1 aromatic carbocycles. The molecule has 2 amide bonds. The zero-order chi connectivity index (χ0) is 18.5. The zero-order valence-electron chi connectivity index (χ0n) is 15.5. The van der Waals surface area contributed by atoms with E-state index in [1.54, 1.807) is 0 Å². The van der Waals surface area contributed by atoms with E-state index in [-0.39, 0.29) is 24.2 Å². The summed E-state index contributed by atoms with van der Waals surface area (Å²) in [4.78, 5) is 26.3. The Kier molecular flexibility index (Phi) is 7.65. The highest BCUT2D eigenvalue weighted by Crippen LogP contribution is 2.21. The average Bonchev–Trinajstić information content (AvgIpc) is 3.04. The molecule has 1 aliphatic rings. The van der Waals surface area contributed by atoms with E-state index in [9.17, 15) is 9.59 Å². The Balaban J connectivity index is 0.00000261. The Hall–Kier alpha value is -2.09. The monoisotopic (exact) mass is 394 g/mol. The summed E-state index contributed by atoms with van der Waals surface area (Å²) < 4.78 is 7.22. The Morgan fingerprint density at radius 1 is 1.26 bits per heavy atom. The van der Waals surface area contributed by atoms with Gasteiger partial charge < -0.3 is 25.3 Å². The van der Waals surface area contributed by atoms with Gasteiger partial charge in [-0.1, -0.05) is 13.3 Å². The Morgan fingerprint density at radius 3 is 2.70 bits per heavy atom. The van der Waals surface area contributed by atoms with Crippen LogP contribution < -0.4 is 11.1 Å². The van der Waals surface area contributed by atoms with Gasteiger partial charge in [-0.15, -0.1) is 12.4 Å². The topological polar surface area (TPSA) is 89.6 Å². The summed E-state index contributed by atoms with van der Waals surface area (Å²) in [7, 11) is 0. The molecule has 2 heterocycles. The number of ether oxygens (including phenoxy) is 1. The molecular weight excluding hydrogens is 368 g/mol.